The monoisotopic (exact) mass is 276 g/mol. The number of ether oxygens (including phenoxy) is 1. The minimum atomic E-state index is -0.0404. The summed E-state index contributed by atoms with van der Waals surface area (Å²) in [5.74, 6) is 0.507. The molecule has 112 valence electrons. The standard InChI is InChI=1S/C18H28O2/c1-4-6-14-20-18(19)15(3)12-13-16(5-2)17-10-8-7-9-11-17/h7-11,15-16H,4-6,12-14H2,1-3H3. The highest BCUT2D eigenvalue weighted by molar-refractivity contribution is 5.71. The first-order valence-corrected chi connectivity index (χ1v) is 7.90. The smallest absolute Gasteiger partial charge is 0.308 e. The van der Waals surface area contributed by atoms with E-state index in [-0.39, 0.29) is 11.9 Å². The lowest BCUT2D eigenvalue weighted by Crippen LogP contribution is -2.16. The van der Waals surface area contributed by atoms with Crippen LogP contribution in [0.1, 0.15) is 64.4 Å². The van der Waals surface area contributed by atoms with Crippen LogP contribution in [0.15, 0.2) is 30.3 Å². The van der Waals surface area contributed by atoms with Gasteiger partial charge in [-0.15, -0.1) is 0 Å². The van der Waals surface area contributed by atoms with Gasteiger partial charge < -0.3 is 4.74 Å². The molecule has 0 aliphatic rings. The average Bonchev–Trinajstić information content (AvgIpc) is 2.49. The van der Waals surface area contributed by atoms with Gasteiger partial charge in [0.1, 0.15) is 0 Å². The van der Waals surface area contributed by atoms with Gasteiger partial charge in [0.15, 0.2) is 0 Å². The maximum Gasteiger partial charge on any atom is 0.308 e. The summed E-state index contributed by atoms with van der Waals surface area (Å²) in [6.45, 7) is 6.85. The number of esters is 1. The van der Waals surface area contributed by atoms with E-state index in [4.69, 9.17) is 4.74 Å². The van der Waals surface area contributed by atoms with Gasteiger partial charge in [0.2, 0.25) is 0 Å². The number of rotatable bonds is 9. The molecule has 1 rings (SSSR count). The largest absolute Gasteiger partial charge is 0.465 e. The van der Waals surface area contributed by atoms with Crippen molar-refractivity contribution in [3.63, 3.8) is 0 Å². The van der Waals surface area contributed by atoms with Gasteiger partial charge in [-0.25, -0.2) is 0 Å². The second-order valence-electron chi connectivity index (χ2n) is 5.52. The highest BCUT2D eigenvalue weighted by atomic mass is 16.5. The third kappa shape index (κ3) is 5.77. The molecule has 0 N–H and O–H groups in total. The molecule has 0 saturated carbocycles. The molecule has 2 nitrogen and oxygen atoms in total. The van der Waals surface area contributed by atoms with E-state index in [2.05, 4.69) is 38.1 Å². The molecule has 20 heavy (non-hydrogen) atoms. The molecule has 0 radical (unpaired) electrons. The predicted molar refractivity (Wildman–Crippen MR) is 83.7 cm³/mol. The van der Waals surface area contributed by atoms with Crippen LogP contribution in [0.4, 0.5) is 0 Å². The number of benzene rings is 1. The summed E-state index contributed by atoms with van der Waals surface area (Å²) in [5, 5.41) is 0. The lowest BCUT2D eigenvalue weighted by atomic mass is 9.89. The molecule has 0 aliphatic heterocycles. The quantitative estimate of drug-likeness (QED) is 0.471. The maximum atomic E-state index is 11.8. The molecule has 2 unspecified atom stereocenters. The first kappa shape index (κ1) is 16.7. The van der Waals surface area contributed by atoms with E-state index in [0.717, 1.165) is 32.1 Å². The van der Waals surface area contributed by atoms with E-state index in [1.807, 2.05) is 13.0 Å². The minimum Gasteiger partial charge on any atom is -0.465 e. The Morgan fingerprint density at radius 1 is 1.15 bits per heavy atom. The molecule has 2 heteroatoms. The summed E-state index contributed by atoms with van der Waals surface area (Å²) in [4.78, 5) is 11.8. The fourth-order valence-electron chi connectivity index (χ4n) is 2.36. The molecule has 1 aromatic rings. The van der Waals surface area contributed by atoms with Crippen molar-refractivity contribution in [2.75, 3.05) is 6.61 Å². The maximum absolute atomic E-state index is 11.8. The van der Waals surface area contributed by atoms with E-state index >= 15 is 0 Å². The normalized spacial score (nSPS) is 13.8. The lowest BCUT2D eigenvalue weighted by molar-refractivity contribution is -0.148. The van der Waals surface area contributed by atoms with Gasteiger partial charge in [-0.2, -0.15) is 0 Å². The molecule has 0 aromatic heterocycles. The van der Waals surface area contributed by atoms with E-state index in [1.54, 1.807) is 0 Å². The Bertz CT molecular complexity index is 372. The lowest BCUT2D eigenvalue weighted by Gasteiger charge is -2.17. The van der Waals surface area contributed by atoms with Crippen molar-refractivity contribution in [3.8, 4) is 0 Å². The number of carbonyl (C=O) groups excluding carboxylic acids is 1. The van der Waals surface area contributed by atoms with Crippen LogP contribution in [0.5, 0.6) is 0 Å². The van der Waals surface area contributed by atoms with Crippen LogP contribution in [-0.4, -0.2) is 12.6 Å². The van der Waals surface area contributed by atoms with Crippen LogP contribution in [0.2, 0.25) is 0 Å². The summed E-state index contributed by atoms with van der Waals surface area (Å²) in [7, 11) is 0. The molecule has 0 heterocycles. The Hall–Kier alpha value is -1.31. The highest BCUT2D eigenvalue weighted by Gasteiger charge is 2.17. The average molecular weight is 276 g/mol. The highest BCUT2D eigenvalue weighted by Crippen LogP contribution is 2.26. The van der Waals surface area contributed by atoms with Crippen LogP contribution in [0.25, 0.3) is 0 Å². The summed E-state index contributed by atoms with van der Waals surface area (Å²) < 4.78 is 5.28. The van der Waals surface area contributed by atoms with Crippen LogP contribution in [0, 0.1) is 5.92 Å². The van der Waals surface area contributed by atoms with Crippen LogP contribution >= 0.6 is 0 Å². The van der Waals surface area contributed by atoms with Crippen LogP contribution < -0.4 is 0 Å². The predicted octanol–water partition coefficient (Wildman–Crippen LogP) is 4.94. The summed E-state index contributed by atoms with van der Waals surface area (Å²) in [6.07, 6.45) is 5.08. The molecule has 1 aromatic carbocycles. The SMILES string of the molecule is CCCCOC(=O)C(C)CCC(CC)c1ccccc1. The van der Waals surface area contributed by atoms with E-state index in [0.29, 0.717) is 12.5 Å². The minimum absolute atomic E-state index is 0.00428. The Labute approximate surface area is 123 Å². The van der Waals surface area contributed by atoms with E-state index in [1.165, 1.54) is 5.56 Å². The van der Waals surface area contributed by atoms with Gasteiger partial charge >= 0.3 is 5.97 Å². The third-order valence-corrected chi connectivity index (χ3v) is 3.86. The van der Waals surface area contributed by atoms with Crippen molar-refractivity contribution < 1.29 is 9.53 Å². The van der Waals surface area contributed by atoms with Crippen molar-refractivity contribution in [1.82, 2.24) is 0 Å². The zero-order valence-electron chi connectivity index (χ0n) is 13.1. The molecule has 0 aliphatic carbocycles. The molecule has 0 amide bonds. The van der Waals surface area contributed by atoms with Gasteiger partial charge in [-0.1, -0.05) is 57.5 Å². The second-order valence-corrected chi connectivity index (χ2v) is 5.52. The van der Waals surface area contributed by atoms with E-state index < -0.39 is 0 Å². The van der Waals surface area contributed by atoms with Crippen molar-refractivity contribution in [1.29, 1.82) is 0 Å². The van der Waals surface area contributed by atoms with Gasteiger partial charge in [0.05, 0.1) is 12.5 Å². The molecule has 0 bridgehead atoms. The fourth-order valence-corrected chi connectivity index (χ4v) is 2.36. The zero-order chi connectivity index (χ0) is 14.8. The zero-order valence-corrected chi connectivity index (χ0v) is 13.1. The molecular weight excluding hydrogens is 248 g/mol. The van der Waals surface area contributed by atoms with Crippen molar-refractivity contribution in [2.24, 2.45) is 5.92 Å². The Balaban J connectivity index is 2.38. The van der Waals surface area contributed by atoms with Crippen LogP contribution in [-0.2, 0) is 9.53 Å². The molecule has 2 atom stereocenters. The second kappa shape index (κ2) is 9.57. The van der Waals surface area contributed by atoms with Gasteiger partial charge in [0.25, 0.3) is 0 Å². The van der Waals surface area contributed by atoms with Gasteiger partial charge in [0, 0.05) is 0 Å². The molecule has 0 fully saturated rings. The number of hydrogen-bond donors (Lipinski definition) is 0. The first-order valence-electron chi connectivity index (χ1n) is 7.90. The van der Waals surface area contributed by atoms with Crippen molar-refractivity contribution >= 4 is 5.97 Å². The Morgan fingerprint density at radius 3 is 2.45 bits per heavy atom. The van der Waals surface area contributed by atoms with Crippen molar-refractivity contribution in [2.45, 2.75) is 58.8 Å². The fraction of sp³-hybridized carbons (Fsp3) is 0.611. The Morgan fingerprint density at radius 2 is 1.85 bits per heavy atom. The van der Waals surface area contributed by atoms with Crippen molar-refractivity contribution in [3.05, 3.63) is 35.9 Å². The Kier molecular flexibility index (Phi) is 8.01. The topological polar surface area (TPSA) is 26.3 Å². The third-order valence-electron chi connectivity index (χ3n) is 3.86. The number of carbonyl (C=O) groups is 1. The van der Waals surface area contributed by atoms with Gasteiger partial charge in [-0.3, -0.25) is 4.79 Å². The van der Waals surface area contributed by atoms with Gasteiger partial charge in [-0.05, 0) is 37.2 Å². The summed E-state index contributed by atoms with van der Waals surface area (Å²) in [6, 6.07) is 10.6. The molecule has 0 spiro atoms. The summed E-state index contributed by atoms with van der Waals surface area (Å²) >= 11 is 0. The first-order chi connectivity index (χ1) is 9.69. The number of hydrogen-bond acceptors (Lipinski definition) is 2. The number of unbranched alkanes of at least 4 members (excludes halogenated alkanes) is 1. The summed E-state index contributed by atoms with van der Waals surface area (Å²) in [5.41, 5.74) is 1.38. The van der Waals surface area contributed by atoms with E-state index in [9.17, 15) is 4.79 Å². The molecular formula is C18H28O2. The van der Waals surface area contributed by atoms with Crippen LogP contribution in [0.3, 0.4) is 0 Å². The molecule has 0 saturated heterocycles.